The van der Waals surface area contributed by atoms with Crippen LogP contribution in [0.1, 0.15) is 44.6 Å². The number of thioether (sulfide) groups is 1. The monoisotopic (exact) mass is 395 g/mol. The Kier molecular flexibility index (Phi) is 5.72. The van der Waals surface area contributed by atoms with E-state index in [0.29, 0.717) is 24.0 Å². The Morgan fingerprint density at radius 2 is 1.89 bits per heavy atom. The van der Waals surface area contributed by atoms with Crippen molar-refractivity contribution in [3.05, 3.63) is 46.9 Å². The van der Waals surface area contributed by atoms with Gasteiger partial charge in [0.25, 0.3) is 11.1 Å². The van der Waals surface area contributed by atoms with Crippen molar-refractivity contribution in [2.24, 2.45) is 5.92 Å². The Balaban J connectivity index is 1.66. The second-order valence-electron chi connectivity index (χ2n) is 7.43. The molecule has 0 atom stereocenters. The highest BCUT2D eigenvalue weighted by atomic mass is 32.2. The van der Waals surface area contributed by atoms with Crippen LogP contribution in [-0.2, 0) is 4.79 Å². The van der Waals surface area contributed by atoms with Gasteiger partial charge in [0, 0.05) is 12.1 Å². The molecular weight excluding hydrogens is 370 g/mol. The highest BCUT2D eigenvalue weighted by Gasteiger charge is 2.36. The summed E-state index contributed by atoms with van der Waals surface area (Å²) in [5.41, 5.74) is 0.864. The number of amides is 2. The maximum Gasteiger partial charge on any atom is 0.293 e. The first-order valence-corrected chi connectivity index (χ1v) is 10.9. The fourth-order valence-corrected chi connectivity index (χ4v) is 4.95. The molecule has 2 fully saturated rings. The second kappa shape index (κ2) is 8.39. The molecule has 4 nitrogen and oxygen atoms in total. The molecule has 0 spiro atoms. The summed E-state index contributed by atoms with van der Waals surface area (Å²) in [4.78, 5) is 27.4. The lowest BCUT2D eigenvalue weighted by Gasteiger charge is -2.25. The summed E-state index contributed by atoms with van der Waals surface area (Å²) in [5.74, 6) is 1.01. The van der Waals surface area contributed by atoms with Crippen molar-refractivity contribution in [1.29, 1.82) is 0 Å². The summed E-state index contributed by atoms with van der Waals surface area (Å²) in [6, 6.07) is 12.0. The quantitative estimate of drug-likeness (QED) is 0.595. The Morgan fingerprint density at radius 1 is 1.11 bits per heavy atom. The predicted octanol–water partition coefficient (Wildman–Crippen LogP) is 5.86. The number of hydrogen-bond acceptors (Lipinski definition) is 4. The van der Waals surface area contributed by atoms with Gasteiger partial charge >= 0.3 is 0 Å². The van der Waals surface area contributed by atoms with Crippen molar-refractivity contribution in [2.45, 2.75) is 39.0 Å². The van der Waals surface area contributed by atoms with Crippen LogP contribution in [0.4, 0.5) is 4.79 Å². The van der Waals surface area contributed by atoms with E-state index in [1.165, 1.54) is 24.2 Å². The Bertz CT molecular complexity index is 931. The number of rotatable bonds is 5. The second-order valence-corrected chi connectivity index (χ2v) is 8.42. The first kappa shape index (κ1) is 19.1. The van der Waals surface area contributed by atoms with Crippen molar-refractivity contribution >= 4 is 39.8 Å². The summed E-state index contributed by atoms with van der Waals surface area (Å²) >= 11 is 1.04. The molecule has 146 valence electrons. The van der Waals surface area contributed by atoms with Crippen LogP contribution in [-0.4, -0.2) is 29.2 Å². The molecule has 1 saturated heterocycles. The zero-order valence-electron chi connectivity index (χ0n) is 16.1. The van der Waals surface area contributed by atoms with Crippen molar-refractivity contribution < 1.29 is 14.3 Å². The summed E-state index contributed by atoms with van der Waals surface area (Å²) < 4.78 is 5.80. The summed E-state index contributed by atoms with van der Waals surface area (Å²) in [6.07, 6.45) is 7.71. The molecule has 1 saturated carbocycles. The van der Waals surface area contributed by atoms with Gasteiger partial charge in [-0.25, -0.2) is 0 Å². The fraction of sp³-hybridized carbons (Fsp3) is 0.391. The lowest BCUT2D eigenvalue weighted by atomic mass is 9.89. The number of carbonyl (C=O) groups excluding carboxylic acids is 2. The Labute approximate surface area is 169 Å². The lowest BCUT2D eigenvalue weighted by Crippen LogP contribution is -2.34. The molecule has 28 heavy (non-hydrogen) atoms. The molecule has 2 aliphatic rings. The minimum absolute atomic E-state index is 0.153. The molecule has 1 aliphatic carbocycles. The third-order valence-corrected chi connectivity index (χ3v) is 6.45. The normalized spacial score (nSPS) is 19.8. The van der Waals surface area contributed by atoms with E-state index < -0.39 is 0 Å². The molecule has 2 aromatic carbocycles. The third-order valence-electron chi connectivity index (χ3n) is 5.55. The van der Waals surface area contributed by atoms with Crippen LogP contribution in [0.2, 0.25) is 0 Å². The van der Waals surface area contributed by atoms with E-state index in [1.54, 1.807) is 0 Å². The first-order valence-electron chi connectivity index (χ1n) is 10.1. The highest BCUT2D eigenvalue weighted by molar-refractivity contribution is 8.18. The zero-order chi connectivity index (χ0) is 19.5. The van der Waals surface area contributed by atoms with Gasteiger partial charge in [-0.2, -0.15) is 0 Å². The maximum atomic E-state index is 13.0. The fourth-order valence-electron chi connectivity index (χ4n) is 4.12. The van der Waals surface area contributed by atoms with E-state index >= 15 is 0 Å². The first-order chi connectivity index (χ1) is 13.7. The lowest BCUT2D eigenvalue weighted by molar-refractivity contribution is -0.123. The van der Waals surface area contributed by atoms with Crippen LogP contribution in [0.3, 0.4) is 0 Å². The number of imide groups is 1. The van der Waals surface area contributed by atoms with Crippen molar-refractivity contribution in [1.82, 2.24) is 4.90 Å². The van der Waals surface area contributed by atoms with Crippen LogP contribution in [0.5, 0.6) is 5.75 Å². The Hall–Kier alpha value is -2.27. The molecule has 4 rings (SSSR count). The topological polar surface area (TPSA) is 46.6 Å². The number of nitrogens with zero attached hydrogens (tertiary/aromatic N) is 1. The predicted molar refractivity (Wildman–Crippen MR) is 114 cm³/mol. The van der Waals surface area contributed by atoms with Gasteiger partial charge < -0.3 is 4.74 Å². The minimum atomic E-state index is -0.170. The molecule has 0 aromatic heterocycles. The van der Waals surface area contributed by atoms with Gasteiger partial charge in [-0.1, -0.05) is 49.6 Å². The molecule has 0 radical (unpaired) electrons. The van der Waals surface area contributed by atoms with Crippen molar-refractivity contribution in [2.75, 3.05) is 13.2 Å². The van der Waals surface area contributed by atoms with Gasteiger partial charge in [-0.3, -0.25) is 14.5 Å². The van der Waals surface area contributed by atoms with Crippen molar-refractivity contribution in [3.63, 3.8) is 0 Å². The van der Waals surface area contributed by atoms with Gasteiger partial charge in [-0.15, -0.1) is 0 Å². The van der Waals surface area contributed by atoms with E-state index in [4.69, 9.17) is 4.74 Å². The van der Waals surface area contributed by atoms with Crippen LogP contribution in [0, 0.1) is 5.92 Å². The average molecular weight is 396 g/mol. The number of hydrogen-bond donors (Lipinski definition) is 0. The third kappa shape index (κ3) is 3.81. The SMILES string of the molecule is CCOc1ccc2ccccc2c1/C=C1/SC(=O)N(CC2CCCCC2)C1=O. The molecular formula is C23H25NO3S. The maximum absolute atomic E-state index is 13.0. The molecule has 0 bridgehead atoms. The van der Waals surface area contributed by atoms with Gasteiger partial charge in [-0.05, 0) is 60.4 Å². The van der Waals surface area contributed by atoms with Crippen LogP contribution in [0.25, 0.3) is 16.8 Å². The molecule has 2 amide bonds. The number of carbonyl (C=O) groups is 2. The van der Waals surface area contributed by atoms with E-state index in [9.17, 15) is 9.59 Å². The van der Waals surface area contributed by atoms with Gasteiger partial charge in [0.1, 0.15) is 5.75 Å². The number of benzene rings is 2. The van der Waals surface area contributed by atoms with E-state index in [2.05, 4.69) is 0 Å². The minimum Gasteiger partial charge on any atom is -0.493 e. The standard InChI is InChI=1S/C23H25NO3S/c1-2-27-20-13-12-17-10-6-7-11-18(17)19(20)14-21-22(25)24(23(26)28-21)15-16-8-4-3-5-9-16/h6-7,10-14,16H,2-5,8-9,15H2,1H3/b21-14+. The van der Waals surface area contributed by atoms with Gasteiger partial charge in [0.15, 0.2) is 0 Å². The molecule has 0 N–H and O–H groups in total. The van der Waals surface area contributed by atoms with Gasteiger partial charge in [0.2, 0.25) is 0 Å². The zero-order valence-corrected chi connectivity index (χ0v) is 17.0. The molecule has 0 unspecified atom stereocenters. The van der Waals surface area contributed by atoms with Crippen LogP contribution in [0.15, 0.2) is 41.3 Å². The summed E-state index contributed by atoms with van der Waals surface area (Å²) in [7, 11) is 0. The van der Waals surface area contributed by atoms with Crippen molar-refractivity contribution in [3.8, 4) is 5.75 Å². The smallest absolute Gasteiger partial charge is 0.293 e. The van der Waals surface area contributed by atoms with E-state index in [-0.39, 0.29) is 11.1 Å². The molecule has 1 heterocycles. The largest absolute Gasteiger partial charge is 0.493 e. The molecule has 2 aromatic rings. The van der Waals surface area contributed by atoms with E-state index in [1.807, 2.05) is 49.4 Å². The number of fused-ring (bicyclic) bond motifs is 1. The molecule has 5 heteroatoms. The van der Waals surface area contributed by atoms with Crippen LogP contribution >= 0.6 is 11.8 Å². The van der Waals surface area contributed by atoms with Gasteiger partial charge in [0.05, 0.1) is 11.5 Å². The highest BCUT2D eigenvalue weighted by Crippen LogP contribution is 2.38. The summed E-state index contributed by atoms with van der Waals surface area (Å²) in [5, 5.41) is 1.95. The number of ether oxygens (including phenoxy) is 1. The van der Waals surface area contributed by atoms with E-state index in [0.717, 1.165) is 46.7 Å². The molecule has 1 aliphatic heterocycles. The Morgan fingerprint density at radius 3 is 2.68 bits per heavy atom. The van der Waals surface area contributed by atoms with Crippen LogP contribution < -0.4 is 4.74 Å². The average Bonchev–Trinajstić information content (AvgIpc) is 2.98. The summed E-state index contributed by atoms with van der Waals surface area (Å²) in [6.45, 7) is 3.04.